The summed E-state index contributed by atoms with van der Waals surface area (Å²) in [6.07, 6.45) is 10.3. The number of ketones is 1. The number of carboxylic acids is 1. The molecule has 5 aliphatic carbocycles. The predicted octanol–water partition coefficient (Wildman–Crippen LogP) is 7.30. The normalized spacial score (nSPS) is 52.2. The fourth-order valence-corrected chi connectivity index (χ4v) is 11.6. The van der Waals surface area contributed by atoms with Gasteiger partial charge in [-0.2, -0.15) is 0 Å². The maximum atomic E-state index is 14.4. The SMILES string of the molecule is CC(C)C1CC[C@@H]2[C@]3(C)CC[C@]45C(=O)C(C)(C)[C@@H](CC=C4[C@@]3(C)CC[C@]12C)[C@]5(C)CC(=O)O. The lowest BCUT2D eigenvalue weighted by molar-refractivity contribution is -0.162. The maximum absolute atomic E-state index is 14.4. The minimum Gasteiger partial charge on any atom is -0.481 e. The molecule has 1 N–H and O–H groups in total. The number of fused-ring (bicyclic) bond motifs is 5. The van der Waals surface area contributed by atoms with E-state index in [0.29, 0.717) is 23.0 Å². The molecule has 0 heterocycles. The first-order valence-corrected chi connectivity index (χ1v) is 13.6. The Morgan fingerprint density at radius 3 is 2.27 bits per heavy atom. The van der Waals surface area contributed by atoms with Crippen LogP contribution < -0.4 is 0 Å². The van der Waals surface area contributed by atoms with Gasteiger partial charge in [-0.05, 0) is 90.3 Å². The van der Waals surface area contributed by atoms with Crippen molar-refractivity contribution in [2.75, 3.05) is 0 Å². The van der Waals surface area contributed by atoms with Crippen LogP contribution in [-0.2, 0) is 9.59 Å². The van der Waals surface area contributed by atoms with Gasteiger partial charge < -0.3 is 5.11 Å². The topological polar surface area (TPSA) is 54.4 Å². The van der Waals surface area contributed by atoms with E-state index in [-0.39, 0.29) is 23.2 Å². The van der Waals surface area contributed by atoms with Gasteiger partial charge in [-0.1, -0.05) is 67.0 Å². The molecule has 33 heavy (non-hydrogen) atoms. The van der Waals surface area contributed by atoms with E-state index in [2.05, 4.69) is 61.5 Å². The van der Waals surface area contributed by atoms with Crippen molar-refractivity contribution in [1.82, 2.24) is 0 Å². The molecular weight excluding hydrogens is 408 g/mol. The van der Waals surface area contributed by atoms with Crippen LogP contribution in [0.15, 0.2) is 11.6 Å². The van der Waals surface area contributed by atoms with Crippen molar-refractivity contribution in [2.45, 2.75) is 107 Å². The van der Waals surface area contributed by atoms with Crippen LogP contribution in [0.1, 0.15) is 107 Å². The lowest BCUT2D eigenvalue weighted by Gasteiger charge is -2.69. The largest absolute Gasteiger partial charge is 0.481 e. The Kier molecular flexibility index (Phi) is 4.69. The van der Waals surface area contributed by atoms with E-state index in [4.69, 9.17) is 0 Å². The first kappa shape index (κ1) is 23.6. The quantitative estimate of drug-likeness (QED) is 0.455. The molecule has 3 nitrogen and oxygen atoms in total. The van der Waals surface area contributed by atoms with Crippen LogP contribution in [0.4, 0.5) is 0 Å². The summed E-state index contributed by atoms with van der Waals surface area (Å²) in [6, 6.07) is 0. The van der Waals surface area contributed by atoms with Crippen LogP contribution in [0.25, 0.3) is 0 Å². The number of carbonyl (C=O) groups is 2. The number of rotatable bonds is 3. The Morgan fingerprint density at radius 2 is 1.67 bits per heavy atom. The van der Waals surface area contributed by atoms with E-state index >= 15 is 0 Å². The van der Waals surface area contributed by atoms with Gasteiger partial charge >= 0.3 is 5.97 Å². The monoisotopic (exact) mass is 454 g/mol. The second-order valence-electron chi connectivity index (χ2n) is 14.6. The fourth-order valence-electron chi connectivity index (χ4n) is 11.6. The maximum Gasteiger partial charge on any atom is 0.303 e. The van der Waals surface area contributed by atoms with Crippen molar-refractivity contribution >= 4 is 11.8 Å². The minimum absolute atomic E-state index is 0.0257. The van der Waals surface area contributed by atoms with E-state index < -0.39 is 22.2 Å². The highest BCUT2D eigenvalue weighted by Gasteiger charge is 2.78. The molecule has 2 bridgehead atoms. The van der Waals surface area contributed by atoms with Crippen LogP contribution in [0, 0.1) is 56.2 Å². The molecule has 0 aromatic heterocycles. The van der Waals surface area contributed by atoms with Crippen molar-refractivity contribution in [3.8, 4) is 0 Å². The lowest BCUT2D eigenvalue weighted by Crippen LogP contribution is -2.63. The van der Waals surface area contributed by atoms with Gasteiger partial charge in [0.25, 0.3) is 0 Å². The third-order valence-electron chi connectivity index (χ3n) is 13.1. The zero-order valence-corrected chi connectivity index (χ0v) is 22.3. The Bertz CT molecular complexity index is 944. The summed E-state index contributed by atoms with van der Waals surface area (Å²) in [4.78, 5) is 26.5. The number of aliphatic carboxylic acids is 1. The number of hydrogen-bond acceptors (Lipinski definition) is 2. The molecule has 0 aromatic rings. The second-order valence-corrected chi connectivity index (χ2v) is 14.6. The minimum atomic E-state index is -0.751. The van der Waals surface area contributed by atoms with Gasteiger partial charge in [-0.3, -0.25) is 9.59 Å². The molecule has 0 amide bonds. The van der Waals surface area contributed by atoms with Crippen LogP contribution in [0.3, 0.4) is 0 Å². The van der Waals surface area contributed by atoms with Crippen LogP contribution >= 0.6 is 0 Å². The predicted molar refractivity (Wildman–Crippen MR) is 132 cm³/mol. The molecule has 0 saturated heterocycles. The Morgan fingerprint density at radius 1 is 1.00 bits per heavy atom. The van der Waals surface area contributed by atoms with Gasteiger partial charge in [0.1, 0.15) is 5.78 Å². The molecule has 0 aliphatic heterocycles. The molecule has 4 fully saturated rings. The summed E-state index contributed by atoms with van der Waals surface area (Å²) in [5, 5.41) is 9.99. The number of Topliss-reactive ketones (excluding diaryl/α,β-unsaturated/α-hetero) is 1. The zero-order chi connectivity index (χ0) is 24.4. The molecule has 5 rings (SSSR count). The molecule has 1 unspecified atom stereocenters. The Labute approximate surface area is 201 Å². The Hall–Kier alpha value is -1.12. The van der Waals surface area contributed by atoms with Crippen LogP contribution in [0.2, 0.25) is 0 Å². The first-order chi connectivity index (χ1) is 15.1. The van der Waals surface area contributed by atoms with E-state index in [1.54, 1.807) is 0 Å². The van der Waals surface area contributed by atoms with E-state index in [0.717, 1.165) is 31.6 Å². The van der Waals surface area contributed by atoms with Crippen LogP contribution in [-0.4, -0.2) is 16.9 Å². The summed E-state index contributed by atoms with van der Waals surface area (Å²) in [5.41, 5.74) is 0.321. The molecule has 1 spiro atoms. The van der Waals surface area contributed by atoms with Crippen molar-refractivity contribution in [1.29, 1.82) is 0 Å². The highest BCUT2D eigenvalue weighted by Crippen LogP contribution is 2.81. The smallest absolute Gasteiger partial charge is 0.303 e. The molecule has 4 saturated carbocycles. The Balaban J connectivity index is 1.66. The second kappa shape index (κ2) is 6.55. The molecule has 8 atom stereocenters. The average Bonchev–Trinajstić information content (AvgIpc) is 3.07. The van der Waals surface area contributed by atoms with Gasteiger partial charge in [0, 0.05) is 5.41 Å². The first-order valence-electron chi connectivity index (χ1n) is 13.6. The number of allylic oxidation sites excluding steroid dienone is 2. The molecule has 3 heteroatoms. The summed E-state index contributed by atoms with van der Waals surface area (Å²) in [7, 11) is 0. The molecule has 5 aliphatic rings. The van der Waals surface area contributed by atoms with Gasteiger partial charge in [-0.15, -0.1) is 0 Å². The van der Waals surface area contributed by atoms with Crippen molar-refractivity contribution < 1.29 is 14.7 Å². The van der Waals surface area contributed by atoms with Crippen molar-refractivity contribution in [3.63, 3.8) is 0 Å². The number of hydrogen-bond donors (Lipinski definition) is 1. The van der Waals surface area contributed by atoms with E-state index in [9.17, 15) is 14.7 Å². The molecular formula is C30H46O3. The van der Waals surface area contributed by atoms with E-state index in [1.807, 2.05) is 0 Å². The fraction of sp³-hybridized carbons (Fsp3) is 0.867. The van der Waals surface area contributed by atoms with E-state index in [1.165, 1.54) is 24.8 Å². The van der Waals surface area contributed by atoms with Gasteiger partial charge in [0.2, 0.25) is 0 Å². The zero-order valence-electron chi connectivity index (χ0n) is 22.3. The highest BCUT2D eigenvalue weighted by molar-refractivity contribution is 5.98. The standard InChI is InChI=1S/C30H46O3/c1-18(2)19-9-10-21-26(19,5)13-14-28(7)22-12-11-20-25(3,4)24(33)30(22,16-15-27(21,28)6)29(20,8)17-23(31)32/h12,18-21H,9-11,13-17H2,1-8H3,(H,31,32)/t19?,20-,21+,26-,27+,28-,29+,30-/m1/s1. The molecule has 0 radical (unpaired) electrons. The van der Waals surface area contributed by atoms with Crippen molar-refractivity contribution in [3.05, 3.63) is 11.6 Å². The highest BCUT2D eigenvalue weighted by atomic mass is 16.4. The summed E-state index contributed by atoms with van der Waals surface area (Å²) >= 11 is 0. The van der Waals surface area contributed by atoms with Gasteiger partial charge in [-0.25, -0.2) is 0 Å². The third kappa shape index (κ3) is 2.39. The third-order valence-corrected chi connectivity index (χ3v) is 13.1. The van der Waals surface area contributed by atoms with Gasteiger partial charge in [0.05, 0.1) is 11.8 Å². The lowest BCUT2D eigenvalue weighted by atomic mass is 9.34. The number of carbonyl (C=O) groups excluding carboxylic acids is 1. The summed E-state index contributed by atoms with van der Waals surface area (Å²) < 4.78 is 0. The summed E-state index contributed by atoms with van der Waals surface area (Å²) in [6.45, 7) is 18.8. The van der Waals surface area contributed by atoms with Crippen LogP contribution in [0.5, 0.6) is 0 Å². The number of carboxylic acid groups (broad SMARTS) is 1. The van der Waals surface area contributed by atoms with Gasteiger partial charge in [0.15, 0.2) is 0 Å². The summed E-state index contributed by atoms with van der Waals surface area (Å²) in [5.74, 6) is 1.88. The molecule has 184 valence electrons. The average molecular weight is 455 g/mol. The molecule has 0 aromatic carbocycles. The van der Waals surface area contributed by atoms with Crippen molar-refractivity contribution in [2.24, 2.45) is 56.2 Å².